The average molecular weight is 223 g/mol. The molecule has 0 atom stereocenters. The highest BCUT2D eigenvalue weighted by molar-refractivity contribution is 5.67. The van der Waals surface area contributed by atoms with Gasteiger partial charge in [0.15, 0.2) is 0 Å². The zero-order chi connectivity index (χ0) is 11.7. The molecule has 2 aromatic rings. The van der Waals surface area contributed by atoms with Crippen LogP contribution in [0.1, 0.15) is 30.7 Å². The Morgan fingerprint density at radius 1 is 0.882 bits per heavy atom. The van der Waals surface area contributed by atoms with E-state index in [1.54, 1.807) is 0 Å². The van der Waals surface area contributed by atoms with Crippen LogP contribution in [-0.2, 0) is 0 Å². The molecule has 17 heavy (non-hydrogen) atoms. The van der Waals surface area contributed by atoms with Crippen LogP contribution in [0.3, 0.4) is 0 Å². The molecule has 0 bridgehead atoms. The third-order valence-corrected chi connectivity index (χ3v) is 3.71. The summed E-state index contributed by atoms with van der Waals surface area (Å²) < 4.78 is 0. The number of hydrogen-bond acceptors (Lipinski definition) is 1. The number of nitrogen functional groups attached to an aromatic ring is 1. The topological polar surface area (TPSA) is 26.0 Å². The lowest BCUT2D eigenvalue weighted by Gasteiger charge is -2.25. The Hall–Kier alpha value is -1.76. The molecule has 1 saturated carbocycles. The molecule has 0 amide bonds. The summed E-state index contributed by atoms with van der Waals surface area (Å²) in [5.41, 5.74) is 10.6. The molecule has 1 heteroatoms. The van der Waals surface area contributed by atoms with E-state index in [0.717, 1.165) is 11.6 Å². The maximum Gasteiger partial charge on any atom is 0.0320 e. The summed E-state index contributed by atoms with van der Waals surface area (Å²) in [4.78, 5) is 0. The van der Waals surface area contributed by atoms with E-state index >= 15 is 0 Å². The van der Waals surface area contributed by atoms with Gasteiger partial charge >= 0.3 is 0 Å². The smallest absolute Gasteiger partial charge is 0.0320 e. The van der Waals surface area contributed by atoms with E-state index in [9.17, 15) is 0 Å². The van der Waals surface area contributed by atoms with E-state index in [1.165, 1.54) is 36.0 Å². The van der Waals surface area contributed by atoms with Crippen LogP contribution in [0.25, 0.3) is 11.1 Å². The van der Waals surface area contributed by atoms with Crippen LogP contribution in [-0.4, -0.2) is 0 Å². The van der Waals surface area contributed by atoms with Crippen LogP contribution in [0.4, 0.5) is 5.69 Å². The highest BCUT2D eigenvalue weighted by Crippen LogP contribution is 2.36. The van der Waals surface area contributed by atoms with Crippen LogP contribution in [0, 0.1) is 0 Å². The molecule has 2 aromatic carbocycles. The molecule has 2 N–H and O–H groups in total. The molecule has 3 rings (SSSR count). The molecule has 0 unspecified atom stereocenters. The van der Waals surface area contributed by atoms with Crippen molar-refractivity contribution < 1.29 is 0 Å². The van der Waals surface area contributed by atoms with Crippen LogP contribution in [0.5, 0.6) is 0 Å². The van der Waals surface area contributed by atoms with E-state index < -0.39 is 0 Å². The second-order valence-electron chi connectivity index (χ2n) is 4.88. The van der Waals surface area contributed by atoms with Crippen molar-refractivity contribution in [2.75, 3.05) is 5.73 Å². The molecule has 0 aliphatic heterocycles. The quantitative estimate of drug-likeness (QED) is 0.758. The highest BCUT2D eigenvalue weighted by Gasteiger charge is 2.18. The van der Waals surface area contributed by atoms with Gasteiger partial charge in [-0.1, -0.05) is 42.8 Å². The molecule has 0 spiro atoms. The second-order valence-corrected chi connectivity index (χ2v) is 4.88. The van der Waals surface area contributed by atoms with Gasteiger partial charge in [-0.05, 0) is 47.6 Å². The fourth-order valence-corrected chi connectivity index (χ4v) is 2.41. The number of benzene rings is 2. The first kappa shape index (κ1) is 10.4. The van der Waals surface area contributed by atoms with E-state index in [4.69, 9.17) is 5.73 Å². The monoisotopic (exact) mass is 223 g/mol. The Labute approximate surface area is 102 Å². The van der Waals surface area contributed by atoms with E-state index in [1.807, 2.05) is 18.2 Å². The summed E-state index contributed by atoms with van der Waals surface area (Å²) >= 11 is 0. The van der Waals surface area contributed by atoms with Crippen molar-refractivity contribution in [2.45, 2.75) is 25.2 Å². The van der Waals surface area contributed by atoms with Crippen molar-refractivity contribution in [3.63, 3.8) is 0 Å². The molecule has 1 aliphatic rings. The minimum absolute atomic E-state index is 0.810. The summed E-state index contributed by atoms with van der Waals surface area (Å²) in [6.45, 7) is 0. The van der Waals surface area contributed by atoms with Crippen molar-refractivity contribution in [2.24, 2.45) is 0 Å². The Balaban J connectivity index is 1.88. The molecule has 0 saturated heterocycles. The van der Waals surface area contributed by atoms with E-state index in [-0.39, 0.29) is 0 Å². The third-order valence-electron chi connectivity index (χ3n) is 3.71. The van der Waals surface area contributed by atoms with Gasteiger partial charge in [0.25, 0.3) is 0 Å². The van der Waals surface area contributed by atoms with Crippen molar-refractivity contribution in [1.82, 2.24) is 0 Å². The van der Waals surface area contributed by atoms with Gasteiger partial charge < -0.3 is 5.73 Å². The van der Waals surface area contributed by atoms with Gasteiger partial charge in [-0.15, -0.1) is 0 Å². The van der Waals surface area contributed by atoms with Gasteiger partial charge in [0, 0.05) is 5.69 Å². The Morgan fingerprint density at radius 2 is 1.65 bits per heavy atom. The first-order valence-corrected chi connectivity index (χ1v) is 6.29. The third kappa shape index (κ3) is 2.05. The van der Waals surface area contributed by atoms with Gasteiger partial charge in [0.05, 0.1) is 0 Å². The lowest BCUT2D eigenvalue weighted by atomic mass is 9.80. The summed E-state index contributed by atoms with van der Waals surface area (Å²) in [7, 11) is 0. The van der Waals surface area contributed by atoms with Crippen molar-refractivity contribution in [3.8, 4) is 11.1 Å². The van der Waals surface area contributed by atoms with Gasteiger partial charge in [-0.25, -0.2) is 0 Å². The Morgan fingerprint density at radius 3 is 2.24 bits per heavy atom. The van der Waals surface area contributed by atoms with Gasteiger partial charge in [-0.3, -0.25) is 0 Å². The first-order chi connectivity index (χ1) is 8.33. The lowest BCUT2D eigenvalue weighted by Crippen LogP contribution is -2.08. The second kappa shape index (κ2) is 4.25. The van der Waals surface area contributed by atoms with Crippen LogP contribution in [0.2, 0.25) is 0 Å². The van der Waals surface area contributed by atoms with Gasteiger partial charge in [0.1, 0.15) is 0 Å². The SMILES string of the molecule is Nc1cccc(-c2ccc(C3CCC3)cc2)c1. The zero-order valence-corrected chi connectivity index (χ0v) is 9.89. The highest BCUT2D eigenvalue weighted by atomic mass is 14.5. The minimum Gasteiger partial charge on any atom is -0.399 e. The summed E-state index contributed by atoms with van der Waals surface area (Å²) in [6.07, 6.45) is 4.11. The predicted octanol–water partition coefficient (Wildman–Crippen LogP) is 4.20. The van der Waals surface area contributed by atoms with Crippen molar-refractivity contribution in [3.05, 3.63) is 54.1 Å². The molecule has 1 fully saturated rings. The van der Waals surface area contributed by atoms with Crippen LogP contribution < -0.4 is 5.73 Å². The fraction of sp³-hybridized carbons (Fsp3) is 0.250. The van der Waals surface area contributed by atoms with Gasteiger partial charge in [0.2, 0.25) is 0 Å². The largest absolute Gasteiger partial charge is 0.399 e. The summed E-state index contributed by atoms with van der Waals surface area (Å²) in [5.74, 6) is 0.810. The maximum atomic E-state index is 5.80. The Bertz CT molecular complexity index is 509. The van der Waals surface area contributed by atoms with Crippen LogP contribution >= 0.6 is 0 Å². The molecule has 0 aromatic heterocycles. The molecular formula is C16H17N. The maximum absolute atomic E-state index is 5.80. The number of hydrogen-bond donors (Lipinski definition) is 1. The fourth-order valence-electron chi connectivity index (χ4n) is 2.41. The molecule has 0 heterocycles. The number of anilines is 1. The minimum atomic E-state index is 0.810. The molecule has 0 radical (unpaired) electrons. The lowest BCUT2D eigenvalue weighted by molar-refractivity contribution is 0.420. The number of nitrogens with two attached hydrogens (primary N) is 1. The molecular weight excluding hydrogens is 206 g/mol. The predicted molar refractivity (Wildman–Crippen MR) is 72.9 cm³/mol. The first-order valence-electron chi connectivity index (χ1n) is 6.29. The van der Waals surface area contributed by atoms with Crippen molar-refractivity contribution in [1.29, 1.82) is 0 Å². The average Bonchev–Trinajstić information content (AvgIpc) is 2.28. The zero-order valence-electron chi connectivity index (χ0n) is 9.89. The van der Waals surface area contributed by atoms with Gasteiger partial charge in [-0.2, -0.15) is 0 Å². The van der Waals surface area contributed by atoms with E-state index in [0.29, 0.717) is 0 Å². The molecule has 1 aliphatic carbocycles. The standard InChI is InChI=1S/C16H17N/c17-16-6-2-5-15(11-16)14-9-7-13(8-10-14)12-3-1-4-12/h2,5-12H,1,3-4,17H2. The van der Waals surface area contributed by atoms with E-state index in [2.05, 4.69) is 30.3 Å². The van der Waals surface area contributed by atoms with Crippen molar-refractivity contribution >= 4 is 5.69 Å². The van der Waals surface area contributed by atoms with Crippen LogP contribution in [0.15, 0.2) is 48.5 Å². The summed E-state index contributed by atoms with van der Waals surface area (Å²) in [5, 5.41) is 0. The Kier molecular flexibility index (Phi) is 2.60. The molecule has 1 nitrogen and oxygen atoms in total. The molecule has 86 valence electrons. The number of rotatable bonds is 2. The summed E-state index contributed by atoms with van der Waals surface area (Å²) in [6, 6.07) is 17.0. The normalized spacial score (nSPS) is 15.5.